The number of carbonyl (C=O) groups is 1. The first-order chi connectivity index (χ1) is 14.4. The summed E-state index contributed by atoms with van der Waals surface area (Å²) >= 11 is 0. The standard InChI is InChI=1S/C21H23FN2O6/c1-2-29-20(27)14-7-23(11-3-4-11)16-13(18(14)26)5-15(22)17-19(16)30-8-12-6-21(28,10-25)9-24(12)17/h5,7,11-12,25,28H,2-4,6,8-10H2,1H3/t12-,21+/m1/s1. The van der Waals surface area contributed by atoms with Gasteiger partial charge < -0.3 is 29.2 Å². The van der Waals surface area contributed by atoms with Crippen LogP contribution in [0.15, 0.2) is 17.1 Å². The molecular formula is C21H23FN2O6. The van der Waals surface area contributed by atoms with Gasteiger partial charge in [-0.2, -0.15) is 0 Å². The van der Waals surface area contributed by atoms with E-state index in [0.29, 0.717) is 5.52 Å². The molecule has 160 valence electrons. The summed E-state index contributed by atoms with van der Waals surface area (Å²) in [6, 6.07) is 0.951. The smallest absolute Gasteiger partial charge is 0.343 e. The van der Waals surface area contributed by atoms with Crippen LogP contribution in [0.25, 0.3) is 10.9 Å². The highest BCUT2D eigenvalue weighted by molar-refractivity contribution is 5.98. The van der Waals surface area contributed by atoms with Crippen LogP contribution in [0.2, 0.25) is 0 Å². The number of aliphatic hydroxyl groups is 2. The normalized spacial score (nSPS) is 25.1. The SMILES string of the molecule is CCOC(=O)c1cn(C2CC2)c2c3c(c(F)cc2c1=O)N1C[C@](O)(CO)C[C@@H]1CO3. The van der Waals surface area contributed by atoms with Gasteiger partial charge in [-0.15, -0.1) is 0 Å². The Bertz CT molecular complexity index is 1110. The quantitative estimate of drug-likeness (QED) is 0.723. The number of anilines is 1. The van der Waals surface area contributed by atoms with Crippen molar-refractivity contribution in [3.05, 3.63) is 33.9 Å². The van der Waals surface area contributed by atoms with Crippen LogP contribution in [0.5, 0.6) is 5.75 Å². The van der Waals surface area contributed by atoms with Crippen molar-refractivity contribution in [2.75, 3.05) is 31.3 Å². The molecule has 3 aliphatic rings. The molecule has 30 heavy (non-hydrogen) atoms. The minimum Gasteiger partial charge on any atom is -0.487 e. The first kappa shape index (κ1) is 19.3. The Morgan fingerprint density at radius 2 is 2.17 bits per heavy atom. The van der Waals surface area contributed by atoms with E-state index in [0.717, 1.165) is 18.9 Å². The number of carbonyl (C=O) groups excluding carboxylic acids is 1. The number of pyridine rings is 1. The molecule has 2 aliphatic heterocycles. The molecule has 3 heterocycles. The van der Waals surface area contributed by atoms with Gasteiger partial charge in [0.05, 0.1) is 30.2 Å². The Kier molecular flexibility index (Phi) is 4.30. The molecule has 0 spiro atoms. The maximum atomic E-state index is 15.3. The van der Waals surface area contributed by atoms with Crippen LogP contribution in [0.1, 0.15) is 42.6 Å². The number of hydrogen-bond acceptors (Lipinski definition) is 7. The summed E-state index contributed by atoms with van der Waals surface area (Å²) in [5, 5.41) is 20.1. The molecule has 2 aromatic rings. The topological polar surface area (TPSA) is 101 Å². The minimum atomic E-state index is -1.33. The summed E-state index contributed by atoms with van der Waals surface area (Å²) in [5.41, 5.74) is -1.42. The lowest BCUT2D eigenvalue weighted by Crippen LogP contribution is -2.40. The Balaban J connectivity index is 1.75. The molecule has 1 aliphatic carbocycles. The van der Waals surface area contributed by atoms with Crippen LogP contribution in [0, 0.1) is 5.82 Å². The van der Waals surface area contributed by atoms with Crippen LogP contribution in [-0.4, -0.2) is 58.8 Å². The van der Waals surface area contributed by atoms with Gasteiger partial charge in [-0.1, -0.05) is 0 Å². The molecule has 2 fully saturated rings. The molecule has 1 saturated carbocycles. The van der Waals surface area contributed by atoms with E-state index >= 15 is 4.39 Å². The first-order valence-electron chi connectivity index (χ1n) is 10.2. The molecule has 2 N–H and O–H groups in total. The van der Waals surface area contributed by atoms with Gasteiger partial charge in [-0.05, 0) is 25.8 Å². The van der Waals surface area contributed by atoms with Crippen LogP contribution >= 0.6 is 0 Å². The van der Waals surface area contributed by atoms with E-state index < -0.39 is 29.4 Å². The summed E-state index contributed by atoms with van der Waals surface area (Å²) in [6.45, 7) is 1.63. The third-order valence-electron chi connectivity index (χ3n) is 6.16. The number of aromatic nitrogens is 1. The number of nitrogens with zero attached hydrogens (tertiary/aromatic N) is 2. The monoisotopic (exact) mass is 418 g/mol. The van der Waals surface area contributed by atoms with Crippen LogP contribution < -0.4 is 15.1 Å². The Labute approximate surface area is 171 Å². The molecule has 0 amide bonds. The van der Waals surface area contributed by atoms with Crippen molar-refractivity contribution in [2.45, 2.75) is 43.9 Å². The van der Waals surface area contributed by atoms with Gasteiger partial charge in [0.25, 0.3) is 0 Å². The number of halogens is 1. The zero-order valence-corrected chi connectivity index (χ0v) is 16.6. The summed E-state index contributed by atoms with van der Waals surface area (Å²) in [6.07, 6.45) is 3.51. The highest BCUT2D eigenvalue weighted by atomic mass is 19.1. The van der Waals surface area contributed by atoms with E-state index in [2.05, 4.69) is 0 Å². The number of aliphatic hydroxyl groups excluding tert-OH is 1. The highest BCUT2D eigenvalue weighted by Gasteiger charge is 2.47. The number of ether oxygens (including phenoxy) is 2. The van der Waals surface area contributed by atoms with E-state index in [1.807, 2.05) is 4.57 Å². The third kappa shape index (κ3) is 2.79. The molecule has 0 unspecified atom stereocenters. The summed E-state index contributed by atoms with van der Waals surface area (Å²) in [7, 11) is 0. The second-order valence-electron chi connectivity index (χ2n) is 8.34. The minimum absolute atomic E-state index is 0.0683. The molecule has 2 atom stereocenters. The molecule has 1 aromatic carbocycles. The van der Waals surface area contributed by atoms with E-state index in [9.17, 15) is 19.8 Å². The first-order valence-corrected chi connectivity index (χ1v) is 10.2. The molecule has 8 nitrogen and oxygen atoms in total. The Hall–Kier alpha value is -2.65. The fraction of sp³-hybridized carbons (Fsp3) is 0.524. The van der Waals surface area contributed by atoms with E-state index in [1.165, 1.54) is 6.20 Å². The predicted octanol–water partition coefficient (Wildman–Crippen LogP) is 1.35. The fourth-order valence-corrected chi connectivity index (χ4v) is 4.61. The zero-order chi connectivity index (χ0) is 21.2. The lowest BCUT2D eigenvalue weighted by atomic mass is 10.0. The Morgan fingerprint density at radius 3 is 2.83 bits per heavy atom. The second kappa shape index (κ2) is 6.68. The average Bonchev–Trinajstić information content (AvgIpc) is 3.50. The van der Waals surface area contributed by atoms with Crippen molar-refractivity contribution >= 4 is 22.6 Å². The van der Waals surface area contributed by atoms with E-state index in [1.54, 1.807) is 11.8 Å². The predicted molar refractivity (Wildman–Crippen MR) is 106 cm³/mol. The molecular weight excluding hydrogens is 395 g/mol. The molecule has 0 bridgehead atoms. The van der Waals surface area contributed by atoms with Crippen molar-refractivity contribution in [2.24, 2.45) is 0 Å². The summed E-state index contributed by atoms with van der Waals surface area (Å²) in [5.74, 6) is -1.15. The maximum Gasteiger partial charge on any atom is 0.343 e. The van der Waals surface area contributed by atoms with Gasteiger partial charge >= 0.3 is 5.97 Å². The van der Waals surface area contributed by atoms with Gasteiger partial charge in [0.1, 0.15) is 23.5 Å². The highest BCUT2D eigenvalue weighted by Crippen LogP contribution is 2.48. The van der Waals surface area contributed by atoms with Crippen LogP contribution in [0.3, 0.4) is 0 Å². The van der Waals surface area contributed by atoms with Crippen molar-refractivity contribution in [3.63, 3.8) is 0 Å². The number of fused-ring (bicyclic) bond motifs is 5. The average molecular weight is 418 g/mol. The number of rotatable bonds is 4. The fourth-order valence-electron chi connectivity index (χ4n) is 4.61. The van der Waals surface area contributed by atoms with Crippen LogP contribution in [-0.2, 0) is 4.74 Å². The van der Waals surface area contributed by atoms with Crippen molar-refractivity contribution in [1.29, 1.82) is 0 Å². The number of esters is 1. The second-order valence-corrected chi connectivity index (χ2v) is 8.34. The van der Waals surface area contributed by atoms with Gasteiger partial charge in [0.2, 0.25) is 5.43 Å². The molecule has 9 heteroatoms. The number of benzene rings is 1. The lowest BCUT2D eigenvalue weighted by Gasteiger charge is -2.34. The number of hydrogen-bond donors (Lipinski definition) is 2. The van der Waals surface area contributed by atoms with Crippen molar-refractivity contribution < 1.29 is 28.9 Å². The van der Waals surface area contributed by atoms with E-state index in [-0.39, 0.29) is 60.6 Å². The van der Waals surface area contributed by atoms with E-state index in [4.69, 9.17) is 9.47 Å². The molecule has 5 rings (SSSR count). The lowest BCUT2D eigenvalue weighted by molar-refractivity contribution is 0.00141. The van der Waals surface area contributed by atoms with Gasteiger partial charge in [-0.25, -0.2) is 9.18 Å². The van der Waals surface area contributed by atoms with Crippen molar-refractivity contribution in [1.82, 2.24) is 4.57 Å². The van der Waals surface area contributed by atoms with Crippen molar-refractivity contribution in [3.8, 4) is 5.75 Å². The summed E-state index contributed by atoms with van der Waals surface area (Å²) < 4.78 is 28.0. The van der Waals surface area contributed by atoms with Gasteiger partial charge in [0.15, 0.2) is 11.6 Å². The van der Waals surface area contributed by atoms with Gasteiger partial charge in [0, 0.05) is 25.2 Å². The molecule has 1 aromatic heterocycles. The molecule has 1 saturated heterocycles. The molecule has 0 radical (unpaired) electrons. The van der Waals surface area contributed by atoms with Gasteiger partial charge in [-0.3, -0.25) is 4.79 Å². The summed E-state index contributed by atoms with van der Waals surface area (Å²) in [4.78, 5) is 27.1. The Morgan fingerprint density at radius 1 is 1.40 bits per heavy atom. The van der Waals surface area contributed by atoms with Crippen LogP contribution in [0.4, 0.5) is 10.1 Å². The zero-order valence-electron chi connectivity index (χ0n) is 16.6. The maximum absolute atomic E-state index is 15.3. The third-order valence-corrected chi connectivity index (χ3v) is 6.16. The largest absolute Gasteiger partial charge is 0.487 e.